The van der Waals surface area contributed by atoms with E-state index in [1.54, 1.807) is 0 Å². The summed E-state index contributed by atoms with van der Waals surface area (Å²) in [7, 11) is 0. The highest BCUT2D eigenvalue weighted by Gasteiger charge is 2.21. The van der Waals surface area contributed by atoms with Gasteiger partial charge in [0.1, 0.15) is 5.82 Å². The van der Waals surface area contributed by atoms with E-state index >= 15 is 0 Å². The zero-order valence-electron chi connectivity index (χ0n) is 17.5. The summed E-state index contributed by atoms with van der Waals surface area (Å²) in [6.07, 6.45) is 3.10. The Morgan fingerprint density at radius 3 is 2.25 bits per heavy atom. The lowest BCUT2D eigenvalue weighted by Crippen LogP contribution is -2.32. The molecule has 1 saturated heterocycles. The number of rotatable bonds is 2. The minimum Gasteiger partial charge on any atom is -0.353 e. The third-order valence-corrected chi connectivity index (χ3v) is 5.15. The van der Waals surface area contributed by atoms with Crippen LogP contribution < -0.4 is 9.80 Å². The zero-order valence-corrected chi connectivity index (χ0v) is 17.5. The molecule has 1 aliphatic heterocycles. The average Bonchev–Trinajstić information content (AvgIpc) is 2.90. The number of fused-ring (bicyclic) bond motifs is 1. The first-order valence-electron chi connectivity index (χ1n) is 9.99. The fourth-order valence-corrected chi connectivity index (χ4v) is 3.60. The SMILES string of the molecule is Cc1cc(C)nc(N2CCCN(c3ccc4nc(C(C)(C)C)cn4n3)CC2)n1. The van der Waals surface area contributed by atoms with Crippen molar-refractivity contribution in [2.75, 3.05) is 36.0 Å². The van der Waals surface area contributed by atoms with Gasteiger partial charge in [0.05, 0.1) is 11.9 Å². The van der Waals surface area contributed by atoms with Crippen LogP contribution in [0.1, 0.15) is 44.3 Å². The van der Waals surface area contributed by atoms with E-state index in [0.717, 1.165) is 67.1 Å². The van der Waals surface area contributed by atoms with Crippen LogP contribution in [0.4, 0.5) is 11.8 Å². The van der Waals surface area contributed by atoms with Crippen LogP contribution >= 0.6 is 0 Å². The van der Waals surface area contributed by atoms with Crippen LogP contribution in [0.5, 0.6) is 0 Å². The molecule has 0 radical (unpaired) electrons. The molecule has 4 heterocycles. The van der Waals surface area contributed by atoms with Gasteiger partial charge in [-0.1, -0.05) is 20.8 Å². The lowest BCUT2D eigenvalue weighted by Gasteiger charge is -2.23. The first-order valence-corrected chi connectivity index (χ1v) is 9.99. The van der Waals surface area contributed by atoms with Crippen molar-refractivity contribution in [3.8, 4) is 0 Å². The summed E-state index contributed by atoms with van der Waals surface area (Å²) in [5, 5.41) is 4.83. The van der Waals surface area contributed by atoms with E-state index in [2.05, 4.69) is 52.7 Å². The van der Waals surface area contributed by atoms with Crippen LogP contribution in [-0.4, -0.2) is 50.7 Å². The van der Waals surface area contributed by atoms with Gasteiger partial charge in [0, 0.05) is 43.0 Å². The van der Waals surface area contributed by atoms with Crippen LogP contribution in [0.2, 0.25) is 0 Å². The number of aromatic nitrogens is 5. The molecule has 0 amide bonds. The van der Waals surface area contributed by atoms with Gasteiger partial charge >= 0.3 is 0 Å². The molecule has 28 heavy (non-hydrogen) atoms. The van der Waals surface area contributed by atoms with Crippen molar-refractivity contribution in [3.05, 3.63) is 41.5 Å². The van der Waals surface area contributed by atoms with Crippen LogP contribution in [0.3, 0.4) is 0 Å². The van der Waals surface area contributed by atoms with Gasteiger partial charge in [0.25, 0.3) is 0 Å². The normalized spacial score (nSPS) is 15.9. The molecule has 3 aromatic heterocycles. The van der Waals surface area contributed by atoms with E-state index in [1.165, 1.54) is 0 Å². The second-order valence-electron chi connectivity index (χ2n) is 8.65. The smallest absolute Gasteiger partial charge is 0.225 e. The van der Waals surface area contributed by atoms with Gasteiger partial charge < -0.3 is 9.80 Å². The van der Waals surface area contributed by atoms with Gasteiger partial charge in [-0.05, 0) is 38.5 Å². The van der Waals surface area contributed by atoms with E-state index < -0.39 is 0 Å². The highest BCUT2D eigenvalue weighted by Crippen LogP contribution is 2.23. The lowest BCUT2D eigenvalue weighted by molar-refractivity contribution is 0.572. The third kappa shape index (κ3) is 3.79. The first-order chi connectivity index (χ1) is 13.3. The second kappa shape index (κ2) is 7.04. The van der Waals surface area contributed by atoms with Crippen molar-refractivity contribution >= 4 is 17.4 Å². The summed E-state index contributed by atoms with van der Waals surface area (Å²) in [4.78, 5) is 18.6. The average molecular weight is 380 g/mol. The molecule has 0 N–H and O–H groups in total. The summed E-state index contributed by atoms with van der Waals surface area (Å²) in [6, 6.07) is 6.16. The predicted molar refractivity (Wildman–Crippen MR) is 112 cm³/mol. The van der Waals surface area contributed by atoms with Crippen molar-refractivity contribution in [3.63, 3.8) is 0 Å². The van der Waals surface area contributed by atoms with Crippen LogP contribution in [0.25, 0.3) is 5.65 Å². The third-order valence-electron chi connectivity index (χ3n) is 5.15. The maximum absolute atomic E-state index is 4.83. The number of hydrogen-bond acceptors (Lipinski definition) is 6. The quantitative estimate of drug-likeness (QED) is 0.682. The van der Waals surface area contributed by atoms with E-state index in [4.69, 9.17) is 10.1 Å². The molecule has 148 valence electrons. The maximum atomic E-state index is 4.83. The number of hydrogen-bond donors (Lipinski definition) is 0. The molecule has 0 atom stereocenters. The Labute approximate surface area is 166 Å². The summed E-state index contributed by atoms with van der Waals surface area (Å²) >= 11 is 0. The summed E-state index contributed by atoms with van der Waals surface area (Å²) in [5.74, 6) is 1.83. The van der Waals surface area contributed by atoms with Crippen molar-refractivity contribution in [1.29, 1.82) is 0 Å². The summed E-state index contributed by atoms with van der Waals surface area (Å²) in [6.45, 7) is 14.3. The Morgan fingerprint density at radius 2 is 1.54 bits per heavy atom. The number of anilines is 2. The number of nitrogens with zero attached hydrogens (tertiary/aromatic N) is 7. The highest BCUT2D eigenvalue weighted by atomic mass is 15.3. The molecule has 0 unspecified atom stereocenters. The molecular formula is C21H29N7. The number of imidazole rings is 1. The minimum atomic E-state index is 0.0168. The Morgan fingerprint density at radius 1 is 0.857 bits per heavy atom. The molecular weight excluding hydrogens is 350 g/mol. The molecule has 0 spiro atoms. The van der Waals surface area contributed by atoms with E-state index in [9.17, 15) is 0 Å². The second-order valence-corrected chi connectivity index (χ2v) is 8.65. The molecule has 1 aliphatic rings. The van der Waals surface area contributed by atoms with Crippen molar-refractivity contribution in [2.24, 2.45) is 0 Å². The monoisotopic (exact) mass is 379 g/mol. The minimum absolute atomic E-state index is 0.0168. The van der Waals surface area contributed by atoms with Gasteiger partial charge in [-0.15, -0.1) is 5.10 Å². The molecule has 0 saturated carbocycles. The Kier molecular flexibility index (Phi) is 4.69. The molecule has 0 bridgehead atoms. The van der Waals surface area contributed by atoms with E-state index in [0.29, 0.717) is 0 Å². The first kappa shape index (κ1) is 18.7. The van der Waals surface area contributed by atoms with Crippen molar-refractivity contribution in [1.82, 2.24) is 24.6 Å². The molecule has 1 fully saturated rings. The zero-order chi connectivity index (χ0) is 19.9. The van der Waals surface area contributed by atoms with Gasteiger partial charge in [-0.3, -0.25) is 0 Å². The van der Waals surface area contributed by atoms with Crippen molar-refractivity contribution in [2.45, 2.75) is 46.5 Å². The van der Waals surface area contributed by atoms with Crippen LogP contribution in [-0.2, 0) is 5.41 Å². The largest absolute Gasteiger partial charge is 0.353 e. The Bertz CT molecular complexity index is 966. The highest BCUT2D eigenvalue weighted by molar-refractivity contribution is 5.48. The van der Waals surface area contributed by atoms with Gasteiger partial charge in [-0.25, -0.2) is 19.5 Å². The number of aryl methyl sites for hydroxylation is 2. The molecule has 0 aliphatic carbocycles. The molecule has 4 rings (SSSR count). The fraction of sp³-hybridized carbons (Fsp3) is 0.524. The fourth-order valence-electron chi connectivity index (χ4n) is 3.60. The van der Waals surface area contributed by atoms with E-state index in [-0.39, 0.29) is 5.41 Å². The topological polar surface area (TPSA) is 62.5 Å². The predicted octanol–water partition coefficient (Wildman–Crippen LogP) is 3.15. The molecule has 7 nitrogen and oxygen atoms in total. The van der Waals surface area contributed by atoms with Crippen LogP contribution in [0, 0.1) is 13.8 Å². The summed E-state index contributed by atoms with van der Waals surface area (Å²) < 4.78 is 1.91. The standard InChI is InChI=1S/C21H29N7/c1-15-13-16(2)23-20(22-15)27-10-6-9-26(11-12-27)19-8-7-18-24-17(21(3,4)5)14-28(18)25-19/h7-8,13-14H,6,9-12H2,1-5H3. The Balaban J connectivity index is 1.54. The molecule has 0 aromatic carbocycles. The van der Waals surface area contributed by atoms with Gasteiger partial charge in [-0.2, -0.15) is 0 Å². The molecule has 3 aromatic rings. The van der Waals surface area contributed by atoms with Crippen LogP contribution in [0.15, 0.2) is 24.4 Å². The summed E-state index contributed by atoms with van der Waals surface area (Å²) in [5.41, 5.74) is 4.01. The van der Waals surface area contributed by atoms with Gasteiger partial charge in [0.2, 0.25) is 5.95 Å². The van der Waals surface area contributed by atoms with Crippen molar-refractivity contribution < 1.29 is 0 Å². The van der Waals surface area contributed by atoms with Gasteiger partial charge in [0.15, 0.2) is 5.65 Å². The lowest BCUT2D eigenvalue weighted by atomic mass is 9.93. The molecule has 7 heteroatoms. The maximum Gasteiger partial charge on any atom is 0.225 e. The Hall–Kier alpha value is -2.70. The van der Waals surface area contributed by atoms with E-state index in [1.807, 2.05) is 30.6 Å².